The molecule has 1 N–H and O–H groups in total. The molecule has 0 radical (unpaired) electrons. The third-order valence-electron chi connectivity index (χ3n) is 4.22. The van der Waals surface area contributed by atoms with Crippen LogP contribution in [0, 0.1) is 6.92 Å². The highest BCUT2D eigenvalue weighted by Crippen LogP contribution is 2.38. The summed E-state index contributed by atoms with van der Waals surface area (Å²) in [5, 5.41) is 10.6. The number of aliphatic hydroxyl groups is 1. The SMILES string of the molecule is CCC(O)c1c(-c2ccc3c(c2)OCO3)nc2cccc(C)n12. The van der Waals surface area contributed by atoms with Gasteiger partial charge in [-0.3, -0.25) is 4.40 Å². The second-order valence-electron chi connectivity index (χ2n) is 5.70. The number of hydrogen-bond acceptors (Lipinski definition) is 4. The van der Waals surface area contributed by atoms with E-state index >= 15 is 0 Å². The van der Waals surface area contributed by atoms with Gasteiger partial charge in [-0.2, -0.15) is 0 Å². The number of aliphatic hydroxyl groups excluding tert-OH is 1. The van der Waals surface area contributed by atoms with Gasteiger partial charge in [0.1, 0.15) is 5.65 Å². The van der Waals surface area contributed by atoms with Gasteiger partial charge in [-0.25, -0.2) is 4.98 Å². The zero-order chi connectivity index (χ0) is 16.0. The van der Waals surface area contributed by atoms with Crippen LogP contribution in [-0.4, -0.2) is 21.3 Å². The summed E-state index contributed by atoms with van der Waals surface area (Å²) in [5.41, 5.74) is 4.40. The maximum absolute atomic E-state index is 10.6. The van der Waals surface area contributed by atoms with E-state index in [0.29, 0.717) is 12.2 Å². The van der Waals surface area contributed by atoms with Crippen molar-refractivity contribution in [2.75, 3.05) is 6.79 Å². The van der Waals surface area contributed by atoms with Crippen molar-refractivity contribution in [2.45, 2.75) is 26.4 Å². The number of aryl methyl sites for hydroxylation is 1. The van der Waals surface area contributed by atoms with Gasteiger partial charge in [-0.05, 0) is 43.7 Å². The summed E-state index contributed by atoms with van der Waals surface area (Å²) in [6.07, 6.45) is 0.0474. The molecule has 1 aliphatic heterocycles. The second kappa shape index (κ2) is 5.28. The van der Waals surface area contributed by atoms with Crippen molar-refractivity contribution in [3.05, 3.63) is 47.8 Å². The van der Waals surface area contributed by atoms with Crippen molar-refractivity contribution in [3.63, 3.8) is 0 Å². The van der Waals surface area contributed by atoms with E-state index in [1.165, 1.54) is 0 Å². The summed E-state index contributed by atoms with van der Waals surface area (Å²) < 4.78 is 12.9. The lowest BCUT2D eigenvalue weighted by atomic mass is 10.1. The van der Waals surface area contributed by atoms with Gasteiger partial charge in [0.05, 0.1) is 17.5 Å². The number of benzene rings is 1. The number of aromatic nitrogens is 2. The Morgan fingerprint density at radius 2 is 2.04 bits per heavy atom. The molecule has 0 aliphatic carbocycles. The maximum Gasteiger partial charge on any atom is 0.231 e. The largest absolute Gasteiger partial charge is 0.454 e. The molecule has 23 heavy (non-hydrogen) atoms. The standard InChI is InChI=1S/C18H18N2O3/c1-3-13(21)18-17(19-16-6-4-5-11(2)20(16)18)12-7-8-14-15(9-12)23-10-22-14/h4-9,13,21H,3,10H2,1-2H3. The van der Waals surface area contributed by atoms with Crippen molar-refractivity contribution < 1.29 is 14.6 Å². The fourth-order valence-electron chi connectivity index (χ4n) is 3.04. The average Bonchev–Trinajstić information content (AvgIpc) is 3.18. The molecule has 5 heteroatoms. The zero-order valence-corrected chi connectivity index (χ0v) is 13.1. The molecule has 5 nitrogen and oxygen atoms in total. The van der Waals surface area contributed by atoms with Crippen LogP contribution in [0.25, 0.3) is 16.9 Å². The lowest BCUT2D eigenvalue weighted by Gasteiger charge is -2.12. The van der Waals surface area contributed by atoms with E-state index in [2.05, 4.69) is 0 Å². The Labute approximate surface area is 134 Å². The molecule has 1 atom stereocenters. The molecule has 0 saturated heterocycles. The molecule has 0 amide bonds. The van der Waals surface area contributed by atoms with E-state index in [-0.39, 0.29) is 6.79 Å². The van der Waals surface area contributed by atoms with Gasteiger partial charge in [0.2, 0.25) is 6.79 Å². The number of fused-ring (bicyclic) bond motifs is 2. The van der Waals surface area contributed by atoms with Crippen molar-refractivity contribution in [1.29, 1.82) is 0 Å². The Morgan fingerprint density at radius 1 is 1.22 bits per heavy atom. The van der Waals surface area contributed by atoms with E-state index in [9.17, 15) is 5.11 Å². The number of rotatable bonds is 3. The molecular weight excluding hydrogens is 292 g/mol. The Bertz CT molecular complexity index is 885. The van der Waals surface area contributed by atoms with E-state index in [1.54, 1.807) is 0 Å². The first kappa shape index (κ1) is 14.1. The minimum absolute atomic E-state index is 0.244. The first-order chi connectivity index (χ1) is 11.2. The lowest BCUT2D eigenvalue weighted by Crippen LogP contribution is -2.04. The van der Waals surface area contributed by atoms with Gasteiger partial charge in [0.15, 0.2) is 11.5 Å². The highest BCUT2D eigenvalue weighted by Gasteiger charge is 2.22. The highest BCUT2D eigenvalue weighted by atomic mass is 16.7. The number of ether oxygens (including phenoxy) is 2. The molecule has 0 bridgehead atoms. The lowest BCUT2D eigenvalue weighted by molar-refractivity contribution is 0.168. The predicted octanol–water partition coefficient (Wildman–Crippen LogP) is 3.48. The summed E-state index contributed by atoms with van der Waals surface area (Å²) in [5.74, 6) is 1.46. The van der Waals surface area contributed by atoms with Gasteiger partial charge >= 0.3 is 0 Å². The normalized spacial score (nSPS) is 14.4. The fraction of sp³-hybridized carbons (Fsp3) is 0.278. The molecule has 118 valence electrons. The molecule has 0 spiro atoms. The molecular formula is C18H18N2O3. The topological polar surface area (TPSA) is 56.0 Å². The first-order valence-corrected chi connectivity index (χ1v) is 7.75. The van der Waals surface area contributed by atoms with Gasteiger partial charge in [-0.15, -0.1) is 0 Å². The van der Waals surface area contributed by atoms with Crippen molar-refractivity contribution in [2.24, 2.45) is 0 Å². The third-order valence-corrected chi connectivity index (χ3v) is 4.22. The molecule has 0 fully saturated rings. The summed E-state index contributed by atoms with van der Waals surface area (Å²) in [4.78, 5) is 4.74. The second-order valence-corrected chi connectivity index (χ2v) is 5.70. The van der Waals surface area contributed by atoms with Crippen LogP contribution in [0.4, 0.5) is 0 Å². The number of nitrogens with zero attached hydrogens (tertiary/aromatic N) is 2. The Morgan fingerprint density at radius 3 is 2.87 bits per heavy atom. The minimum atomic E-state index is -0.577. The summed E-state index contributed by atoms with van der Waals surface area (Å²) in [7, 11) is 0. The van der Waals surface area contributed by atoms with Crippen LogP contribution >= 0.6 is 0 Å². The monoisotopic (exact) mass is 310 g/mol. The quantitative estimate of drug-likeness (QED) is 0.804. The molecule has 4 rings (SSSR count). The minimum Gasteiger partial charge on any atom is -0.454 e. The molecule has 3 heterocycles. The van der Waals surface area contributed by atoms with Crippen LogP contribution in [0.1, 0.15) is 30.8 Å². The first-order valence-electron chi connectivity index (χ1n) is 7.75. The van der Waals surface area contributed by atoms with E-state index in [0.717, 1.165) is 34.0 Å². The molecule has 1 unspecified atom stereocenters. The van der Waals surface area contributed by atoms with Crippen LogP contribution < -0.4 is 9.47 Å². The smallest absolute Gasteiger partial charge is 0.231 e. The van der Waals surface area contributed by atoms with Gasteiger partial charge in [-0.1, -0.05) is 13.0 Å². The number of hydrogen-bond donors (Lipinski definition) is 1. The van der Waals surface area contributed by atoms with E-state index in [1.807, 2.05) is 54.6 Å². The molecule has 3 aromatic rings. The Balaban J connectivity index is 1.97. The number of pyridine rings is 1. The number of imidazole rings is 1. The third kappa shape index (κ3) is 2.16. The zero-order valence-electron chi connectivity index (χ0n) is 13.1. The maximum atomic E-state index is 10.6. The van der Waals surface area contributed by atoms with Gasteiger partial charge < -0.3 is 14.6 Å². The molecule has 1 aliphatic rings. The van der Waals surface area contributed by atoms with Crippen LogP contribution in [-0.2, 0) is 0 Å². The predicted molar refractivity (Wildman–Crippen MR) is 86.7 cm³/mol. The molecule has 1 aromatic carbocycles. The van der Waals surface area contributed by atoms with Crippen LogP contribution in [0.3, 0.4) is 0 Å². The summed E-state index contributed by atoms with van der Waals surface area (Å²) in [6, 6.07) is 11.7. The van der Waals surface area contributed by atoms with E-state index < -0.39 is 6.10 Å². The average molecular weight is 310 g/mol. The van der Waals surface area contributed by atoms with Crippen LogP contribution in [0.2, 0.25) is 0 Å². The summed E-state index contributed by atoms with van der Waals surface area (Å²) >= 11 is 0. The van der Waals surface area contributed by atoms with E-state index in [4.69, 9.17) is 14.5 Å². The Kier molecular flexibility index (Phi) is 3.23. The van der Waals surface area contributed by atoms with Crippen LogP contribution in [0.5, 0.6) is 11.5 Å². The van der Waals surface area contributed by atoms with Crippen molar-refractivity contribution in [3.8, 4) is 22.8 Å². The Hall–Kier alpha value is -2.53. The summed E-state index contributed by atoms with van der Waals surface area (Å²) in [6.45, 7) is 4.23. The van der Waals surface area contributed by atoms with Crippen LogP contribution in [0.15, 0.2) is 36.4 Å². The highest BCUT2D eigenvalue weighted by molar-refractivity contribution is 5.70. The fourth-order valence-corrected chi connectivity index (χ4v) is 3.04. The molecule has 2 aromatic heterocycles. The van der Waals surface area contributed by atoms with Gasteiger partial charge in [0.25, 0.3) is 0 Å². The van der Waals surface area contributed by atoms with Gasteiger partial charge in [0, 0.05) is 11.3 Å². The van der Waals surface area contributed by atoms with Crippen molar-refractivity contribution >= 4 is 5.65 Å². The molecule has 0 saturated carbocycles. The van der Waals surface area contributed by atoms with Crippen molar-refractivity contribution in [1.82, 2.24) is 9.38 Å².